The summed E-state index contributed by atoms with van der Waals surface area (Å²) < 4.78 is 5.06. The number of rotatable bonds is 4. The number of anilines is 2. The van der Waals surface area contributed by atoms with Crippen molar-refractivity contribution in [1.29, 1.82) is 0 Å². The van der Waals surface area contributed by atoms with Gasteiger partial charge in [0.05, 0.1) is 34.3 Å². The molecule has 0 unspecified atom stereocenters. The van der Waals surface area contributed by atoms with E-state index in [0.29, 0.717) is 27.9 Å². The third-order valence-electron chi connectivity index (χ3n) is 5.58. The van der Waals surface area contributed by atoms with E-state index in [1.165, 1.54) is 11.8 Å². The lowest BCUT2D eigenvalue weighted by Gasteiger charge is -2.17. The molecule has 176 valence electrons. The van der Waals surface area contributed by atoms with Gasteiger partial charge < -0.3 is 9.64 Å². The van der Waals surface area contributed by atoms with Crippen molar-refractivity contribution in [3.8, 4) is 0 Å². The molecule has 0 bridgehead atoms. The van der Waals surface area contributed by atoms with E-state index in [-0.39, 0.29) is 11.9 Å². The van der Waals surface area contributed by atoms with E-state index in [1.54, 1.807) is 47.9 Å². The molecule has 5 rings (SSSR count). The average Bonchev–Trinajstić information content (AvgIpc) is 3.36. The Labute approximate surface area is 212 Å². The minimum atomic E-state index is -0.369. The molecule has 0 spiro atoms. The highest BCUT2D eigenvalue weighted by molar-refractivity contribution is 8.20. The van der Waals surface area contributed by atoms with Crippen molar-refractivity contribution in [3.05, 3.63) is 93.9 Å². The molecule has 1 fully saturated rings. The Hall–Kier alpha value is -3.49. The zero-order valence-electron chi connectivity index (χ0n) is 19.5. The van der Waals surface area contributed by atoms with Crippen LogP contribution in [0.2, 0.25) is 0 Å². The van der Waals surface area contributed by atoms with E-state index in [2.05, 4.69) is 17.0 Å². The molecule has 35 heavy (non-hydrogen) atoms. The number of aryl methyl sites for hydroxylation is 1. The number of para-hydroxylation sites is 1. The van der Waals surface area contributed by atoms with Crippen molar-refractivity contribution in [2.24, 2.45) is 4.99 Å². The number of fused-ring (bicyclic) bond motifs is 1. The van der Waals surface area contributed by atoms with Gasteiger partial charge in [-0.05, 0) is 79.7 Å². The summed E-state index contributed by atoms with van der Waals surface area (Å²) in [5.41, 5.74) is 4.01. The van der Waals surface area contributed by atoms with E-state index in [1.807, 2.05) is 50.4 Å². The van der Waals surface area contributed by atoms with Gasteiger partial charge in [-0.15, -0.1) is 0 Å². The van der Waals surface area contributed by atoms with Gasteiger partial charge in [0.2, 0.25) is 0 Å². The lowest BCUT2D eigenvalue weighted by atomic mass is 10.2. The van der Waals surface area contributed by atoms with Crippen LogP contribution in [-0.2, 0) is 9.53 Å². The first-order chi connectivity index (χ1) is 17.0. The summed E-state index contributed by atoms with van der Waals surface area (Å²) >= 11 is 2.96. The Bertz CT molecular complexity index is 1380. The lowest BCUT2D eigenvalue weighted by Crippen LogP contribution is -2.29. The zero-order valence-corrected chi connectivity index (χ0v) is 21.2. The number of hydrogen-bond acceptors (Lipinski definition) is 7. The highest BCUT2D eigenvalue weighted by Gasteiger charge is 2.40. The quantitative estimate of drug-likeness (QED) is 0.307. The number of benzene rings is 3. The smallest absolute Gasteiger partial charge is 0.338 e. The number of carbonyl (C=O) groups excluding carboxylic acids is 2. The van der Waals surface area contributed by atoms with Crippen LogP contribution in [0.25, 0.3) is 0 Å². The summed E-state index contributed by atoms with van der Waals surface area (Å²) in [6.07, 6.45) is 0. The van der Waals surface area contributed by atoms with Crippen LogP contribution in [0.3, 0.4) is 0 Å². The second-order valence-corrected chi connectivity index (χ2v) is 10.0. The maximum atomic E-state index is 13.8. The number of esters is 1. The van der Waals surface area contributed by atoms with Gasteiger partial charge in [-0.25, -0.2) is 9.79 Å². The molecule has 2 aliphatic heterocycles. The van der Waals surface area contributed by atoms with Gasteiger partial charge in [0.25, 0.3) is 5.91 Å². The largest absolute Gasteiger partial charge is 0.462 e. The van der Waals surface area contributed by atoms with Crippen LogP contribution in [-0.4, -0.2) is 30.7 Å². The van der Waals surface area contributed by atoms with Gasteiger partial charge in [-0.2, -0.15) is 0 Å². The first-order valence-electron chi connectivity index (χ1n) is 11.2. The summed E-state index contributed by atoms with van der Waals surface area (Å²) in [5, 5.41) is 1.46. The highest BCUT2D eigenvalue weighted by Crippen LogP contribution is 2.50. The Kier molecular flexibility index (Phi) is 6.40. The molecule has 1 amide bonds. The second-order valence-electron chi connectivity index (χ2n) is 8.01. The van der Waals surface area contributed by atoms with Crippen LogP contribution >= 0.6 is 23.5 Å². The molecule has 1 saturated heterocycles. The van der Waals surface area contributed by atoms with Crippen molar-refractivity contribution in [1.82, 2.24) is 0 Å². The van der Waals surface area contributed by atoms with Crippen molar-refractivity contribution < 1.29 is 14.3 Å². The average molecular weight is 502 g/mol. The monoisotopic (exact) mass is 501 g/mol. The number of nitrogens with zero attached hydrogens (tertiary/aromatic N) is 3. The molecular formula is C27H23N3O3S2. The molecule has 3 aromatic rings. The normalized spacial score (nSPS) is 18.4. The molecule has 0 aromatic heterocycles. The SMILES string of the molecule is CCOC(=O)c1ccc(N=C2S/C(=C3\Sc4ccccc4N3C)C(=O)N2c2cccc(C)c2)cc1. The van der Waals surface area contributed by atoms with Crippen LogP contribution in [0.1, 0.15) is 22.8 Å². The molecular weight excluding hydrogens is 478 g/mol. The highest BCUT2D eigenvalue weighted by atomic mass is 32.2. The number of thioether (sulfide) groups is 2. The van der Waals surface area contributed by atoms with Gasteiger partial charge in [0.15, 0.2) is 5.17 Å². The zero-order chi connectivity index (χ0) is 24.5. The third-order valence-corrected chi connectivity index (χ3v) is 7.97. The summed E-state index contributed by atoms with van der Waals surface area (Å²) in [6, 6.07) is 22.8. The van der Waals surface area contributed by atoms with Gasteiger partial charge in [0.1, 0.15) is 4.91 Å². The number of amides is 1. The van der Waals surface area contributed by atoms with Crippen LogP contribution < -0.4 is 9.80 Å². The topological polar surface area (TPSA) is 62.2 Å². The molecule has 2 aliphatic rings. The van der Waals surface area contributed by atoms with Gasteiger partial charge >= 0.3 is 5.97 Å². The lowest BCUT2D eigenvalue weighted by molar-refractivity contribution is -0.113. The number of ether oxygens (including phenoxy) is 1. The summed E-state index contributed by atoms with van der Waals surface area (Å²) in [4.78, 5) is 36.1. The minimum absolute atomic E-state index is 0.107. The second kappa shape index (κ2) is 9.64. The third kappa shape index (κ3) is 4.47. The maximum Gasteiger partial charge on any atom is 0.338 e. The molecule has 6 nitrogen and oxygen atoms in total. The Morgan fingerprint density at radius 2 is 1.77 bits per heavy atom. The molecule has 8 heteroatoms. The fourth-order valence-corrected chi connectivity index (χ4v) is 6.22. The summed E-state index contributed by atoms with van der Waals surface area (Å²) in [7, 11) is 1.98. The minimum Gasteiger partial charge on any atom is -0.462 e. The Morgan fingerprint density at radius 3 is 2.49 bits per heavy atom. The van der Waals surface area contributed by atoms with Crippen molar-refractivity contribution >= 4 is 57.6 Å². The molecule has 0 atom stereocenters. The van der Waals surface area contributed by atoms with Gasteiger partial charge in [-0.3, -0.25) is 9.69 Å². The number of hydrogen-bond donors (Lipinski definition) is 0. The molecule has 0 aliphatic carbocycles. The summed E-state index contributed by atoms with van der Waals surface area (Å²) in [5.74, 6) is -0.476. The predicted octanol–water partition coefficient (Wildman–Crippen LogP) is 6.35. The molecule has 0 N–H and O–H groups in total. The maximum absolute atomic E-state index is 13.8. The van der Waals surface area contributed by atoms with Crippen LogP contribution in [0.5, 0.6) is 0 Å². The number of aliphatic imine (C=N–C) groups is 1. The van der Waals surface area contributed by atoms with Crippen molar-refractivity contribution in [2.45, 2.75) is 18.7 Å². The van der Waals surface area contributed by atoms with Gasteiger partial charge in [0, 0.05) is 11.9 Å². The van der Waals surface area contributed by atoms with E-state index in [9.17, 15) is 9.59 Å². The van der Waals surface area contributed by atoms with Crippen molar-refractivity contribution in [2.75, 3.05) is 23.5 Å². The first kappa shape index (κ1) is 23.3. The number of carbonyl (C=O) groups is 2. The number of amidine groups is 1. The van der Waals surface area contributed by atoms with Gasteiger partial charge in [-0.1, -0.05) is 36.0 Å². The fourth-order valence-electron chi connectivity index (χ4n) is 3.87. The van der Waals surface area contributed by atoms with Crippen LogP contribution in [0.15, 0.2) is 92.6 Å². The standard InChI is InChI=1S/C27H23N3O3S2/c1-4-33-26(32)18-12-14-19(15-13-18)28-27-30(20-9-7-8-17(2)16-20)24(31)23(35-27)25-29(3)21-10-5-6-11-22(21)34-25/h5-16H,4H2,1-3H3/b25-23-,28-27?. The molecule has 0 saturated carbocycles. The Balaban J connectivity index is 1.55. The summed E-state index contributed by atoms with van der Waals surface area (Å²) in [6.45, 7) is 4.09. The van der Waals surface area contributed by atoms with Crippen LogP contribution in [0, 0.1) is 6.92 Å². The van der Waals surface area contributed by atoms with E-state index < -0.39 is 0 Å². The Morgan fingerprint density at radius 1 is 1.00 bits per heavy atom. The van der Waals surface area contributed by atoms with Crippen molar-refractivity contribution in [3.63, 3.8) is 0 Å². The van der Waals surface area contributed by atoms with E-state index >= 15 is 0 Å². The molecule has 2 heterocycles. The fraction of sp³-hybridized carbons (Fsp3) is 0.148. The predicted molar refractivity (Wildman–Crippen MR) is 143 cm³/mol. The van der Waals surface area contributed by atoms with Crippen LogP contribution in [0.4, 0.5) is 17.1 Å². The molecule has 0 radical (unpaired) electrons. The van der Waals surface area contributed by atoms with E-state index in [0.717, 1.165) is 26.9 Å². The first-order valence-corrected chi connectivity index (χ1v) is 12.8. The molecule has 3 aromatic carbocycles. The van der Waals surface area contributed by atoms with E-state index in [4.69, 9.17) is 9.73 Å².